The van der Waals surface area contributed by atoms with Crippen LogP contribution in [0.5, 0.6) is 5.75 Å². The number of rotatable bonds is 3. The van der Waals surface area contributed by atoms with Gasteiger partial charge in [0.2, 0.25) is 15.9 Å². The maximum absolute atomic E-state index is 12.8. The van der Waals surface area contributed by atoms with Gasteiger partial charge < -0.3 is 10.1 Å². The molecule has 0 aromatic heterocycles. The molecule has 9 heteroatoms. The molecule has 1 atom stereocenters. The van der Waals surface area contributed by atoms with E-state index in [0.717, 1.165) is 4.31 Å². The topological polar surface area (TPSA) is 75.7 Å². The Hall–Kier alpha value is -0.830. The molecule has 1 saturated heterocycles. The summed E-state index contributed by atoms with van der Waals surface area (Å²) in [6.45, 7) is 2.01. The minimum atomic E-state index is -3.90. The quantitative estimate of drug-likeness (QED) is 0.841. The third-order valence-corrected chi connectivity index (χ3v) is 5.99. The first-order valence-corrected chi connectivity index (χ1v) is 8.72. The molecule has 1 aromatic rings. The van der Waals surface area contributed by atoms with E-state index in [1.807, 2.05) is 0 Å². The van der Waals surface area contributed by atoms with Gasteiger partial charge in [-0.2, -0.15) is 4.31 Å². The molecular weight excluding hydrogens is 384 g/mol. The molecule has 1 heterocycles. The number of amides is 1. The summed E-state index contributed by atoms with van der Waals surface area (Å²) in [5, 5.41) is 2.88. The molecular formula is C12H14BrClN2O4S. The molecule has 1 N–H and O–H groups in total. The number of hydrogen-bond acceptors (Lipinski definition) is 4. The number of methoxy groups -OCH3 is 1. The van der Waals surface area contributed by atoms with Crippen LogP contribution in [0.3, 0.4) is 0 Å². The largest absolute Gasteiger partial charge is 0.494 e. The number of sulfonamides is 1. The van der Waals surface area contributed by atoms with Gasteiger partial charge in [0.15, 0.2) is 5.75 Å². The summed E-state index contributed by atoms with van der Waals surface area (Å²) >= 11 is 9.17. The van der Waals surface area contributed by atoms with Crippen molar-refractivity contribution in [2.24, 2.45) is 0 Å². The van der Waals surface area contributed by atoms with E-state index in [1.54, 1.807) is 6.07 Å². The maximum Gasteiger partial charge on any atom is 0.247 e. The van der Waals surface area contributed by atoms with Crippen molar-refractivity contribution in [1.29, 1.82) is 0 Å². The van der Waals surface area contributed by atoms with E-state index in [0.29, 0.717) is 4.47 Å². The second-order valence-electron chi connectivity index (χ2n) is 4.50. The van der Waals surface area contributed by atoms with Gasteiger partial charge in [-0.1, -0.05) is 11.6 Å². The number of nitrogens with zero attached hydrogens (tertiary/aromatic N) is 1. The van der Waals surface area contributed by atoms with Crippen LogP contribution in [0, 0.1) is 0 Å². The highest BCUT2D eigenvalue weighted by molar-refractivity contribution is 9.10. The van der Waals surface area contributed by atoms with E-state index in [9.17, 15) is 13.2 Å². The lowest BCUT2D eigenvalue weighted by Crippen LogP contribution is -2.55. The predicted molar refractivity (Wildman–Crippen MR) is 82.1 cm³/mol. The molecule has 0 aliphatic carbocycles. The van der Waals surface area contributed by atoms with Crippen molar-refractivity contribution in [2.75, 3.05) is 20.2 Å². The van der Waals surface area contributed by atoms with E-state index in [-0.39, 0.29) is 34.7 Å². The van der Waals surface area contributed by atoms with Gasteiger partial charge in [0, 0.05) is 18.1 Å². The summed E-state index contributed by atoms with van der Waals surface area (Å²) in [5.41, 5.74) is 0. The first-order chi connectivity index (χ1) is 9.78. The van der Waals surface area contributed by atoms with Crippen LogP contribution in [-0.2, 0) is 14.8 Å². The summed E-state index contributed by atoms with van der Waals surface area (Å²) in [6, 6.07) is 2.08. The Labute approximate surface area is 136 Å². The van der Waals surface area contributed by atoms with Crippen LogP contribution >= 0.6 is 27.5 Å². The first-order valence-electron chi connectivity index (χ1n) is 6.11. The van der Waals surface area contributed by atoms with Crippen molar-refractivity contribution in [3.05, 3.63) is 21.6 Å². The number of benzene rings is 1. The molecule has 0 radical (unpaired) electrons. The Morgan fingerprint density at radius 2 is 2.14 bits per heavy atom. The molecule has 0 saturated carbocycles. The Morgan fingerprint density at radius 1 is 1.48 bits per heavy atom. The molecule has 1 unspecified atom stereocenters. The summed E-state index contributed by atoms with van der Waals surface area (Å²) in [4.78, 5) is 11.6. The van der Waals surface area contributed by atoms with E-state index >= 15 is 0 Å². The van der Waals surface area contributed by atoms with Crippen molar-refractivity contribution in [3.63, 3.8) is 0 Å². The van der Waals surface area contributed by atoms with Gasteiger partial charge in [-0.25, -0.2) is 8.42 Å². The molecule has 21 heavy (non-hydrogen) atoms. The minimum absolute atomic E-state index is 0.0640. The van der Waals surface area contributed by atoms with Crippen molar-refractivity contribution in [2.45, 2.75) is 17.9 Å². The number of nitrogens with one attached hydrogen (secondary N) is 1. The molecule has 2 rings (SSSR count). The molecule has 116 valence electrons. The molecule has 1 amide bonds. The van der Waals surface area contributed by atoms with Gasteiger partial charge in [-0.05, 0) is 35.0 Å². The lowest BCUT2D eigenvalue weighted by Gasteiger charge is -2.32. The molecule has 0 spiro atoms. The minimum Gasteiger partial charge on any atom is -0.494 e. The van der Waals surface area contributed by atoms with Crippen molar-refractivity contribution < 1.29 is 17.9 Å². The fourth-order valence-corrected chi connectivity index (χ4v) is 5.11. The Kier molecular flexibility index (Phi) is 4.82. The number of halogens is 2. The van der Waals surface area contributed by atoms with Crippen LogP contribution in [0.1, 0.15) is 6.92 Å². The number of hydrogen-bond donors (Lipinski definition) is 1. The van der Waals surface area contributed by atoms with Gasteiger partial charge in [0.05, 0.1) is 11.6 Å². The first kappa shape index (κ1) is 16.5. The summed E-state index contributed by atoms with van der Waals surface area (Å²) in [6.07, 6.45) is 0. The molecule has 6 nitrogen and oxygen atoms in total. The number of carbonyl (C=O) groups is 1. The Bertz CT molecular complexity index is 680. The van der Waals surface area contributed by atoms with Crippen LogP contribution in [-0.4, -0.2) is 44.9 Å². The molecule has 1 aromatic carbocycles. The summed E-state index contributed by atoms with van der Waals surface area (Å²) in [7, 11) is -2.52. The summed E-state index contributed by atoms with van der Waals surface area (Å²) < 4.78 is 32.4. The highest BCUT2D eigenvalue weighted by Gasteiger charge is 2.37. The smallest absolute Gasteiger partial charge is 0.247 e. The summed E-state index contributed by atoms with van der Waals surface area (Å²) in [5.74, 6) is -0.164. The van der Waals surface area contributed by atoms with Crippen molar-refractivity contribution >= 4 is 43.5 Å². The van der Waals surface area contributed by atoms with E-state index in [2.05, 4.69) is 21.2 Å². The zero-order valence-electron chi connectivity index (χ0n) is 11.4. The Morgan fingerprint density at radius 3 is 2.76 bits per heavy atom. The standard InChI is InChI=1S/C12H14BrClN2O4S/c1-7-12(17)15-3-4-16(7)21(18,19)10-6-8(14)5-9(13)11(10)20-2/h5-7H,3-4H2,1-2H3,(H,15,17). The number of ether oxygens (including phenoxy) is 1. The predicted octanol–water partition coefficient (Wildman–Crippen LogP) is 1.62. The van der Waals surface area contributed by atoms with E-state index < -0.39 is 16.1 Å². The number of carbonyl (C=O) groups excluding carboxylic acids is 1. The fourth-order valence-electron chi connectivity index (χ4n) is 2.14. The van der Waals surface area contributed by atoms with Crippen LogP contribution < -0.4 is 10.1 Å². The zero-order valence-corrected chi connectivity index (χ0v) is 14.5. The lowest BCUT2D eigenvalue weighted by molar-refractivity contribution is -0.126. The number of piperazine rings is 1. The van der Waals surface area contributed by atoms with Crippen molar-refractivity contribution in [1.82, 2.24) is 9.62 Å². The third kappa shape index (κ3) is 3.03. The zero-order chi connectivity index (χ0) is 15.8. The van der Waals surface area contributed by atoms with E-state index in [1.165, 1.54) is 20.1 Å². The van der Waals surface area contributed by atoms with Gasteiger partial charge in [-0.15, -0.1) is 0 Å². The highest BCUT2D eigenvalue weighted by Crippen LogP contribution is 2.37. The highest BCUT2D eigenvalue weighted by atomic mass is 79.9. The second kappa shape index (κ2) is 6.12. The van der Waals surface area contributed by atoms with Crippen LogP contribution in [0.4, 0.5) is 0 Å². The van der Waals surface area contributed by atoms with Crippen LogP contribution in [0.25, 0.3) is 0 Å². The van der Waals surface area contributed by atoms with Gasteiger partial charge in [0.25, 0.3) is 0 Å². The van der Waals surface area contributed by atoms with E-state index in [4.69, 9.17) is 16.3 Å². The van der Waals surface area contributed by atoms with Crippen LogP contribution in [0.2, 0.25) is 5.02 Å². The monoisotopic (exact) mass is 396 g/mol. The molecule has 0 bridgehead atoms. The van der Waals surface area contributed by atoms with Crippen LogP contribution in [0.15, 0.2) is 21.5 Å². The average Bonchev–Trinajstić information content (AvgIpc) is 2.41. The SMILES string of the molecule is COc1c(Br)cc(Cl)cc1S(=O)(=O)N1CCNC(=O)C1C. The van der Waals surface area contributed by atoms with Gasteiger partial charge in [0.1, 0.15) is 10.9 Å². The van der Waals surface area contributed by atoms with Gasteiger partial charge in [-0.3, -0.25) is 4.79 Å². The molecule has 1 aliphatic rings. The Balaban J connectivity index is 2.56. The van der Waals surface area contributed by atoms with Gasteiger partial charge >= 0.3 is 0 Å². The fraction of sp³-hybridized carbons (Fsp3) is 0.417. The second-order valence-corrected chi connectivity index (χ2v) is 7.65. The maximum atomic E-state index is 12.8. The van der Waals surface area contributed by atoms with Crippen molar-refractivity contribution in [3.8, 4) is 5.75 Å². The third-order valence-electron chi connectivity index (χ3n) is 3.21. The normalized spacial score (nSPS) is 20.2. The average molecular weight is 398 g/mol. The molecule has 1 aliphatic heterocycles. The molecule has 1 fully saturated rings. The lowest BCUT2D eigenvalue weighted by atomic mass is 10.2.